The first-order chi connectivity index (χ1) is 21.9. The van der Waals surface area contributed by atoms with Gasteiger partial charge < -0.3 is 23.7 Å². The molecule has 5 rings (SSSR count). The van der Waals surface area contributed by atoms with Crippen molar-refractivity contribution in [2.75, 3.05) is 6.61 Å². The van der Waals surface area contributed by atoms with Crippen LogP contribution in [0.3, 0.4) is 0 Å². The lowest BCUT2D eigenvalue weighted by Crippen LogP contribution is -2.54. The molecule has 1 unspecified atom stereocenters. The summed E-state index contributed by atoms with van der Waals surface area (Å²) in [4.78, 5) is 53.0. The lowest BCUT2D eigenvalue weighted by molar-refractivity contribution is -0.161. The monoisotopic (exact) mass is 624 g/mol. The Morgan fingerprint density at radius 2 is 1.04 bits per heavy atom. The number of carbonyl (C=O) groups excluding carboxylic acids is 4. The van der Waals surface area contributed by atoms with Gasteiger partial charge >= 0.3 is 23.9 Å². The fourth-order valence-electron chi connectivity index (χ4n) is 4.58. The van der Waals surface area contributed by atoms with Crippen molar-refractivity contribution in [3.8, 4) is 11.3 Å². The molecule has 1 fully saturated rings. The van der Waals surface area contributed by atoms with E-state index >= 15 is 0 Å². The topological polar surface area (TPSA) is 114 Å². The van der Waals surface area contributed by atoms with Gasteiger partial charge in [0.05, 0.1) is 22.3 Å². The van der Waals surface area contributed by atoms with Crippen LogP contribution in [0.4, 0.5) is 0 Å². The van der Waals surface area contributed by atoms with E-state index in [0.717, 1.165) is 0 Å². The van der Waals surface area contributed by atoms with E-state index < -0.39 is 54.6 Å². The van der Waals surface area contributed by atoms with Crippen LogP contribution >= 0.6 is 11.6 Å². The van der Waals surface area contributed by atoms with E-state index in [1.54, 1.807) is 84.9 Å². The maximum atomic E-state index is 13.5. The number of rotatable bonds is 9. The van der Waals surface area contributed by atoms with E-state index in [1.807, 2.05) is 0 Å². The van der Waals surface area contributed by atoms with Crippen molar-refractivity contribution in [3.05, 3.63) is 144 Å². The molecule has 0 aromatic heterocycles. The van der Waals surface area contributed by atoms with Crippen LogP contribution < -0.4 is 0 Å². The van der Waals surface area contributed by atoms with Crippen LogP contribution in [0.1, 0.15) is 41.4 Å². The average Bonchev–Trinajstić information content (AvgIpc) is 3.35. The van der Waals surface area contributed by atoms with Crippen molar-refractivity contribution in [2.45, 2.75) is 24.1 Å². The second kappa shape index (κ2) is 14.4. The summed E-state index contributed by atoms with van der Waals surface area (Å²) in [6.07, 6.45) is -4.71. The minimum absolute atomic E-state index is 0.119. The van der Waals surface area contributed by atoms with Crippen LogP contribution in [0.5, 0.6) is 0 Å². The Kier molecular flexibility index (Phi) is 9.90. The van der Waals surface area contributed by atoms with Crippen molar-refractivity contribution in [2.24, 2.45) is 0 Å². The molecule has 226 valence electrons. The van der Waals surface area contributed by atoms with E-state index in [0.29, 0.717) is 0 Å². The molecule has 0 radical (unpaired) electrons. The molecule has 10 heteroatoms. The van der Waals surface area contributed by atoms with E-state index in [2.05, 4.69) is 11.3 Å². The van der Waals surface area contributed by atoms with Crippen LogP contribution in [0.15, 0.2) is 121 Å². The Morgan fingerprint density at radius 3 is 1.51 bits per heavy atom. The summed E-state index contributed by atoms with van der Waals surface area (Å²) in [6, 6.07) is 32.1. The molecule has 0 amide bonds. The predicted octanol–water partition coefficient (Wildman–Crippen LogP) is 5.45. The maximum Gasteiger partial charge on any atom is 0.340 e. The molecule has 45 heavy (non-hydrogen) atoms. The number of ether oxygens (including phenoxy) is 5. The van der Waals surface area contributed by atoms with Gasteiger partial charge in [-0.15, -0.1) is 0 Å². The van der Waals surface area contributed by atoms with Gasteiger partial charge in [0.15, 0.2) is 6.10 Å². The summed E-state index contributed by atoms with van der Waals surface area (Å²) < 4.78 is 29.1. The van der Waals surface area contributed by atoms with Gasteiger partial charge in [0.1, 0.15) is 12.7 Å². The van der Waals surface area contributed by atoms with Gasteiger partial charge in [0.2, 0.25) is 0 Å². The molecule has 0 aliphatic carbocycles. The first-order valence-electron chi connectivity index (χ1n) is 13.7. The molecular weight excluding hydrogens is 600 g/mol. The van der Waals surface area contributed by atoms with Gasteiger partial charge in [0, 0.05) is 5.38 Å². The second-order valence-electron chi connectivity index (χ2n) is 9.70. The highest BCUT2D eigenvalue weighted by atomic mass is 35.5. The summed E-state index contributed by atoms with van der Waals surface area (Å²) >= 11 is 5.92. The number of hydrogen-bond acceptors (Lipinski definition) is 9. The standard InChI is InChI=1S/C35H25ClO9/c36-22-21-35(45-33(40)27-19-11-4-12-20-27)29(43-31(38)25-15-7-2-8-16-25)28(23-41-30(37)24-13-5-1-6-14-24)42-34(35)44-32(39)26-17-9-3-10-18-26/h1-20,28-29,34H,23H2/t28-,29-,34?,35-/m1/s1. The van der Waals surface area contributed by atoms with Crippen molar-refractivity contribution in [1.82, 2.24) is 0 Å². The molecular formula is C35H25ClO9. The lowest BCUT2D eigenvalue weighted by atomic mass is 9.94. The van der Waals surface area contributed by atoms with Crippen molar-refractivity contribution >= 4 is 35.5 Å². The Balaban J connectivity index is 1.55. The molecule has 0 saturated carbocycles. The highest BCUT2D eigenvalue weighted by molar-refractivity contribution is 6.30. The lowest BCUT2D eigenvalue weighted by Gasteiger charge is -2.32. The quantitative estimate of drug-likeness (QED) is 0.136. The molecule has 4 aromatic carbocycles. The van der Waals surface area contributed by atoms with Gasteiger partial charge in [0.25, 0.3) is 11.9 Å². The zero-order valence-corrected chi connectivity index (χ0v) is 24.3. The number of benzene rings is 4. The number of halogens is 1. The van der Waals surface area contributed by atoms with Crippen LogP contribution in [0, 0.1) is 11.3 Å². The Morgan fingerprint density at radius 1 is 0.622 bits per heavy atom. The first-order valence-corrected chi connectivity index (χ1v) is 14.1. The van der Waals surface area contributed by atoms with Crippen LogP contribution in [-0.4, -0.2) is 54.6 Å². The number of esters is 4. The van der Waals surface area contributed by atoms with Gasteiger partial charge in [-0.25, -0.2) is 19.2 Å². The number of hydrogen-bond donors (Lipinski definition) is 0. The minimum Gasteiger partial charge on any atom is -0.459 e. The van der Waals surface area contributed by atoms with Crippen molar-refractivity contribution in [1.29, 1.82) is 0 Å². The Labute approximate surface area is 263 Å². The van der Waals surface area contributed by atoms with E-state index in [9.17, 15) is 19.2 Å². The molecule has 1 heterocycles. The molecule has 0 bridgehead atoms. The largest absolute Gasteiger partial charge is 0.459 e. The highest BCUT2D eigenvalue weighted by Crippen LogP contribution is 2.39. The smallest absolute Gasteiger partial charge is 0.340 e. The third-order valence-corrected chi connectivity index (χ3v) is 6.87. The fourth-order valence-corrected chi connectivity index (χ4v) is 4.73. The van der Waals surface area contributed by atoms with Gasteiger partial charge in [-0.2, -0.15) is 0 Å². The van der Waals surface area contributed by atoms with Crippen molar-refractivity contribution in [3.63, 3.8) is 0 Å². The van der Waals surface area contributed by atoms with E-state index in [4.69, 9.17) is 35.3 Å². The Bertz CT molecular complexity index is 1700. The van der Waals surface area contributed by atoms with Gasteiger partial charge in [-0.1, -0.05) is 72.8 Å². The third-order valence-electron chi connectivity index (χ3n) is 6.78. The zero-order chi connectivity index (χ0) is 31.6. The predicted molar refractivity (Wildman–Crippen MR) is 161 cm³/mol. The summed E-state index contributed by atoms with van der Waals surface area (Å²) in [5, 5.41) is 2.18. The molecule has 0 N–H and O–H groups in total. The molecule has 1 saturated heterocycles. The molecule has 9 nitrogen and oxygen atoms in total. The Hall–Kier alpha value is -5.43. The molecule has 4 aromatic rings. The minimum atomic E-state index is -2.30. The maximum absolute atomic E-state index is 13.5. The van der Waals surface area contributed by atoms with E-state index in [-0.39, 0.29) is 22.3 Å². The normalized spacial score (nSPS) is 20.2. The molecule has 0 spiro atoms. The molecule has 1 aliphatic heterocycles. The SMILES string of the molecule is O=C(OC[C@H]1OC(OC(=O)c2ccccc2)[C@](C#CCl)(OC(=O)c2ccccc2)[C@@H]1OC(=O)c1ccccc1)c1ccccc1. The zero-order valence-electron chi connectivity index (χ0n) is 23.5. The van der Waals surface area contributed by atoms with Gasteiger partial charge in [-0.3, -0.25) is 0 Å². The third kappa shape index (κ3) is 7.21. The van der Waals surface area contributed by atoms with Crippen LogP contribution in [0.25, 0.3) is 0 Å². The summed E-state index contributed by atoms with van der Waals surface area (Å²) in [5.41, 5.74) is -1.62. The van der Waals surface area contributed by atoms with E-state index in [1.165, 1.54) is 36.4 Å². The fraction of sp³-hybridized carbons (Fsp3) is 0.143. The summed E-state index contributed by atoms with van der Waals surface area (Å²) in [6.45, 7) is -0.506. The highest BCUT2D eigenvalue weighted by Gasteiger charge is 2.64. The van der Waals surface area contributed by atoms with Gasteiger partial charge in [-0.05, 0) is 66.1 Å². The summed E-state index contributed by atoms with van der Waals surface area (Å²) in [7, 11) is 0. The van der Waals surface area contributed by atoms with Crippen LogP contribution in [0.2, 0.25) is 0 Å². The summed E-state index contributed by atoms with van der Waals surface area (Å²) in [5.74, 6) is -0.720. The first kappa shape index (κ1) is 31.0. The number of carbonyl (C=O) groups is 4. The second-order valence-corrected chi connectivity index (χ2v) is 9.89. The molecule has 1 aliphatic rings. The average molecular weight is 625 g/mol. The molecule has 4 atom stereocenters. The van der Waals surface area contributed by atoms with Crippen LogP contribution in [-0.2, 0) is 23.7 Å². The van der Waals surface area contributed by atoms with Crippen molar-refractivity contribution < 1.29 is 42.9 Å².